The summed E-state index contributed by atoms with van der Waals surface area (Å²) in [5, 5.41) is 6.75. The monoisotopic (exact) mass is 362 g/mol. The number of fused-ring (bicyclic) bond motifs is 1. The van der Waals surface area contributed by atoms with Gasteiger partial charge in [0.05, 0.1) is 11.9 Å². The van der Waals surface area contributed by atoms with E-state index >= 15 is 0 Å². The zero-order valence-corrected chi connectivity index (χ0v) is 14.7. The molecule has 3 aromatic rings. The maximum atomic E-state index is 12.6. The molecule has 0 saturated heterocycles. The van der Waals surface area contributed by atoms with Crippen LogP contribution < -0.4 is 16.2 Å². The van der Waals surface area contributed by atoms with Crippen molar-refractivity contribution in [2.24, 2.45) is 13.0 Å². The lowest BCUT2D eigenvalue weighted by molar-refractivity contribution is -0.117. The number of anilines is 2. The summed E-state index contributed by atoms with van der Waals surface area (Å²) in [7, 11) is 1.57. The van der Waals surface area contributed by atoms with E-state index in [-0.39, 0.29) is 23.1 Å². The van der Waals surface area contributed by atoms with E-state index in [0.29, 0.717) is 22.3 Å². The molecule has 1 aliphatic carbocycles. The largest absolute Gasteiger partial charge is 0.319 e. The molecule has 7 heteroatoms. The van der Waals surface area contributed by atoms with E-state index in [0.717, 1.165) is 12.8 Å². The van der Waals surface area contributed by atoms with Gasteiger partial charge in [0.25, 0.3) is 11.5 Å². The number of hydrogen-bond donors (Lipinski definition) is 2. The predicted octanol–water partition coefficient (Wildman–Crippen LogP) is 2.53. The molecule has 1 aromatic carbocycles. The summed E-state index contributed by atoms with van der Waals surface area (Å²) in [6.45, 7) is 0. The van der Waals surface area contributed by atoms with Gasteiger partial charge in [0.2, 0.25) is 5.91 Å². The van der Waals surface area contributed by atoms with E-state index in [1.54, 1.807) is 43.4 Å². The van der Waals surface area contributed by atoms with Gasteiger partial charge in [-0.25, -0.2) is 4.98 Å². The van der Waals surface area contributed by atoms with Crippen LogP contribution in [0.25, 0.3) is 10.8 Å². The van der Waals surface area contributed by atoms with Crippen LogP contribution in [0.2, 0.25) is 0 Å². The third kappa shape index (κ3) is 3.44. The molecule has 1 fully saturated rings. The van der Waals surface area contributed by atoms with Gasteiger partial charge in [0.15, 0.2) is 0 Å². The van der Waals surface area contributed by atoms with Crippen molar-refractivity contribution >= 4 is 34.1 Å². The van der Waals surface area contributed by atoms with E-state index in [4.69, 9.17) is 0 Å². The highest BCUT2D eigenvalue weighted by molar-refractivity contribution is 6.05. The Balaban J connectivity index is 1.53. The predicted molar refractivity (Wildman–Crippen MR) is 103 cm³/mol. The maximum Gasteiger partial charge on any atom is 0.272 e. The maximum absolute atomic E-state index is 12.6. The molecule has 0 aliphatic heterocycles. The highest BCUT2D eigenvalue weighted by atomic mass is 16.2. The number of aromatic nitrogens is 2. The average Bonchev–Trinajstić information content (AvgIpc) is 3.51. The number of pyridine rings is 2. The lowest BCUT2D eigenvalue weighted by Gasteiger charge is -2.11. The molecule has 1 aliphatic rings. The lowest BCUT2D eigenvalue weighted by atomic mass is 10.1. The molecule has 1 saturated carbocycles. The van der Waals surface area contributed by atoms with Crippen LogP contribution in [0.3, 0.4) is 0 Å². The first-order chi connectivity index (χ1) is 13.0. The van der Waals surface area contributed by atoms with Gasteiger partial charge in [-0.2, -0.15) is 0 Å². The Bertz CT molecular complexity index is 1100. The van der Waals surface area contributed by atoms with Crippen molar-refractivity contribution in [2.45, 2.75) is 12.8 Å². The lowest BCUT2D eigenvalue weighted by Crippen LogP contribution is -2.26. The van der Waals surface area contributed by atoms with E-state index in [1.165, 1.54) is 10.8 Å². The Hall–Kier alpha value is -3.48. The number of hydrogen-bond acceptors (Lipinski definition) is 4. The molecule has 0 unspecified atom stereocenters. The summed E-state index contributed by atoms with van der Waals surface area (Å²) in [4.78, 5) is 41.0. The molecule has 7 nitrogen and oxygen atoms in total. The van der Waals surface area contributed by atoms with Crippen molar-refractivity contribution in [3.05, 3.63) is 64.7 Å². The Kier molecular flexibility index (Phi) is 4.19. The Labute approximate surface area is 155 Å². The summed E-state index contributed by atoms with van der Waals surface area (Å²) in [6.07, 6.45) is 3.31. The van der Waals surface area contributed by atoms with Crippen molar-refractivity contribution < 1.29 is 9.59 Å². The number of nitrogens with one attached hydrogen (secondary N) is 2. The quantitative estimate of drug-likeness (QED) is 0.746. The van der Waals surface area contributed by atoms with Crippen molar-refractivity contribution in [2.75, 3.05) is 10.6 Å². The van der Waals surface area contributed by atoms with Crippen molar-refractivity contribution in [3.63, 3.8) is 0 Å². The Morgan fingerprint density at radius 2 is 1.89 bits per heavy atom. The molecular weight excluding hydrogens is 344 g/mol. The second-order valence-corrected chi connectivity index (χ2v) is 6.63. The van der Waals surface area contributed by atoms with Gasteiger partial charge in [-0.15, -0.1) is 0 Å². The zero-order valence-electron chi connectivity index (χ0n) is 14.7. The Morgan fingerprint density at radius 3 is 2.59 bits per heavy atom. The smallest absolute Gasteiger partial charge is 0.272 e. The molecule has 0 bridgehead atoms. The number of nitrogens with zero attached hydrogens (tertiary/aromatic N) is 2. The standard InChI is InChI=1S/C20H18N4O3/c1-24-16(10-13-4-2-3-5-15(13)20(24)27)19(26)22-14-8-9-17(21-11-14)23-18(25)12-6-7-12/h2-5,8-12H,6-7H2,1H3,(H,22,26)(H,21,23,25). The molecule has 4 rings (SSSR count). The second kappa shape index (κ2) is 6.68. The minimum atomic E-state index is -0.406. The molecule has 2 amide bonds. The zero-order chi connectivity index (χ0) is 19.0. The van der Waals surface area contributed by atoms with Gasteiger partial charge < -0.3 is 15.2 Å². The van der Waals surface area contributed by atoms with Gasteiger partial charge in [0, 0.05) is 18.4 Å². The van der Waals surface area contributed by atoms with Gasteiger partial charge in [-0.1, -0.05) is 18.2 Å². The van der Waals surface area contributed by atoms with Crippen molar-refractivity contribution in [3.8, 4) is 0 Å². The fourth-order valence-corrected chi connectivity index (χ4v) is 2.88. The number of rotatable bonds is 4. The van der Waals surface area contributed by atoms with Gasteiger partial charge >= 0.3 is 0 Å². The number of carbonyl (C=O) groups is 2. The SMILES string of the molecule is Cn1c(C(=O)Nc2ccc(NC(=O)C3CC3)nc2)cc2ccccc2c1=O. The molecule has 136 valence electrons. The molecule has 27 heavy (non-hydrogen) atoms. The summed E-state index contributed by atoms with van der Waals surface area (Å²) in [6, 6.07) is 12.1. The second-order valence-electron chi connectivity index (χ2n) is 6.63. The van der Waals surface area contributed by atoms with Gasteiger partial charge in [0.1, 0.15) is 11.5 Å². The third-order valence-electron chi connectivity index (χ3n) is 4.60. The molecule has 2 aromatic heterocycles. The van der Waals surface area contributed by atoms with E-state index in [2.05, 4.69) is 15.6 Å². The first-order valence-electron chi connectivity index (χ1n) is 8.70. The third-order valence-corrected chi connectivity index (χ3v) is 4.60. The van der Waals surface area contributed by atoms with Crippen LogP contribution in [0.1, 0.15) is 23.3 Å². The number of benzene rings is 1. The summed E-state index contributed by atoms with van der Waals surface area (Å²) >= 11 is 0. The van der Waals surface area contributed by atoms with Crippen molar-refractivity contribution in [1.82, 2.24) is 9.55 Å². The summed E-state index contributed by atoms with van der Waals surface area (Å²) < 4.78 is 1.33. The fraction of sp³-hybridized carbons (Fsp3) is 0.200. The van der Waals surface area contributed by atoms with Crippen LogP contribution in [0, 0.1) is 5.92 Å². The number of carbonyl (C=O) groups excluding carboxylic acids is 2. The topological polar surface area (TPSA) is 93.1 Å². The van der Waals surface area contributed by atoms with Crippen LogP contribution in [0.5, 0.6) is 0 Å². The van der Waals surface area contributed by atoms with E-state index in [1.807, 2.05) is 6.07 Å². The molecule has 0 spiro atoms. The van der Waals surface area contributed by atoms with Crippen LogP contribution >= 0.6 is 0 Å². The van der Waals surface area contributed by atoms with E-state index < -0.39 is 5.91 Å². The average molecular weight is 362 g/mol. The summed E-state index contributed by atoms with van der Waals surface area (Å²) in [5.41, 5.74) is 0.504. The first-order valence-corrected chi connectivity index (χ1v) is 8.70. The summed E-state index contributed by atoms with van der Waals surface area (Å²) in [5.74, 6) is 0.116. The Morgan fingerprint density at radius 1 is 1.11 bits per heavy atom. The van der Waals surface area contributed by atoms with Crippen LogP contribution in [0.15, 0.2) is 53.5 Å². The molecule has 2 heterocycles. The van der Waals surface area contributed by atoms with Crippen LogP contribution in [0.4, 0.5) is 11.5 Å². The molecule has 0 atom stereocenters. The number of amides is 2. The highest BCUT2D eigenvalue weighted by Crippen LogP contribution is 2.30. The normalized spacial score (nSPS) is 13.4. The molecular formula is C20H18N4O3. The molecule has 2 N–H and O–H groups in total. The van der Waals surface area contributed by atoms with Gasteiger partial charge in [-0.05, 0) is 42.5 Å². The van der Waals surface area contributed by atoms with E-state index in [9.17, 15) is 14.4 Å². The van der Waals surface area contributed by atoms with Crippen molar-refractivity contribution in [1.29, 1.82) is 0 Å². The van der Waals surface area contributed by atoms with Gasteiger partial charge in [-0.3, -0.25) is 14.4 Å². The minimum Gasteiger partial charge on any atom is -0.319 e. The highest BCUT2D eigenvalue weighted by Gasteiger charge is 2.29. The van der Waals surface area contributed by atoms with Crippen LogP contribution in [-0.4, -0.2) is 21.4 Å². The van der Waals surface area contributed by atoms with Crippen LogP contribution in [-0.2, 0) is 11.8 Å². The fourth-order valence-electron chi connectivity index (χ4n) is 2.88. The minimum absolute atomic E-state index is 0.0227. The first kappa shape index (κ1) is 17.0. The molecule has 0 radical (unpaired) electrons.